The van der Waals surface area contributed by atoms with Crippen LogP contribution in [-0.2, 0) is 19.4 Å². The molecule has 0 aliphatic heterocycles. The van der Waals surface area contributed by atoms with Gasteiger partial charge in [0.2, 0.25) is 0 Å². The SMILES string of the molecule is CC(=NO)c1ccccc1OCc1ccc2c(c1)CCC2. The number of hydrogen-bond acceptors (Lipinski definition) is 3. The lowest BCUT2D eigenvalue weighted by Crippen LogP contribution is -2.02. The van der Waals surface area contributed by atoms with E-state index in [0.29, 0.717) is 12.3 Å². The zero-order chi connectivity index (χ0) is 14.7. The Morgan fingerprint density at radius 2 is 1.95 bits per heavy atom. The Kier molecular flexibility index (Phi) is 3.91. The van der Waals surface area contributed by atoms with E-state index in [9.17, 15) is 0 Å². The maximum Gasteiger partial charge on any atom is 0.128 e. The number of benzene rings is 2. The summed E-state index contributed by atoms with van der Waals surface area (Å²) in [4.78, 5) is 0. The quantitative estimate of drug-likeness (QED) is 0.524. The second-order valence-corrected chi connectivity index (χ2v) is 5.43. The first-order valence-electron chi connectivity index (χ1n) is 7.29. The topological polar surface area (TPSA) is 41.8 Å². The van der Waals surface area contributed by atoms with E-state index in [2.05, 4.69) is 23.4 Å². The first kappa shape index (κ1) is 13.7. The standard InChI is InChI=1S/C18H19NO2/c1-13(19-20)17-7-2-3-8-18(17)21-12-14-9-10-15-5-4-6-16(15)11-14/h2-3,7-11,20H,4-6,12H2,1H3. The summed E-state index contributed by atoms with van der Waals surface area (Å²) in [6, 6.07) is 14.2. The number of nitrogens with zero attached hydrogens (tertiary/aromatic N) is 1. The van der Waals surface area contributed by atoms with E-state index in [1.165, 1.54) is 36.0 Å². The average molecular weight is 281 g/mol. The highest BCUT2D eigenvalue weighted by molar-refractivity contribution is 6.00. The van der Waals surface area contributed by atoms with Gasteiger partial charge in [-0.1, -0.05) is 35.5 Å². The zero-order valence-corrected chi connectivity index (χ0v) is 12.2. The Morgan fingerprint density at radius 1 is 1.14 bits per heavy atom. The van der Waals surface area contributed by atoms with Gasteiger partial charge in [0.25, 0.3) is 0 Å². The molecule has 2 aromatic carbocycles. The second-order valence-electron chi connectivity index (χ2n) is 5.43. The van der Waals surface area contributed by atoms with Crippen LogP contribution in [0.25, 0.3) is 0 Å². The van der Waals surface area contributed by atoms with Gasteiger partial charge >= 0.3 is 0 Å². The van der Waals surface area contributed by atoms with Gasteiger partial charge in [-0.15, -0.1) is 0 Å². The molecule has 3 heteroatoms. The molecule has 3 rings (SSSR count). The number of rotatable bonds is 4. The molecule has 0 fully saturated rings. The van der Waals surface area contributed by atoms with Gasteiger partial charge in [0.05, 0.1) is 5.71 Å². The van der Waals surface area contributed by atoms with Crippen molar-refractivity contribution in [3.8, 4) is 5.75 Å². The van der Waals surface area contributed by atoms with Crippen molar-refractivity contribution in [3.63, 3.8) is 0 Å². The van der Waals surface area contributed by atoms with Crippen LogP contribution in [0.4, 0.5) is 0 Å². The number of hydrogen-bond donors (Lipinski definition) is 1. The molecule has 2 aromatic rings. The molecule has 0 amide bonds. The number of aryl methyl sites for hydroxylation is 2. The van der Waals surface area contributed by atoms with E-state index in [0.717, 1.165) is 11.3 Å². The van der Waals surface area contributed by atoms with Crippen LogP contribution in [0.1, 0.15) is 35.6 Å². The minimum Gasteiger partial charge on any atom is -0.488 e. The van der Waals surface area contributed by atoms with Crippen molar-refractivity contribution in [2.45, 2.75) is 32.8 Å². The van der Waals surface area contributed by atoms with Crippen LogP contribution in [0.5, 0.6) is 5.75 Å². The van der Waals surface area contributed by atoms with Gasteiger partial charge in [-0.05, 0) is 55.0 Å². The van der Waals surface area contributed by atoms with Gasteiger partial charge in [-0.3, -0.25) is 0 Å². The van der Waals surface area contributed by atoms with Crippen molar-refractivity contribution >= 4 is 5.71 Å². The fraction of sp³-hybridized carbons (Fsp3) is 0.278. The van der Waals surface area contributed by atoms with Crippen molar-refractivity contribution in [2.75, 3.05) is 0 Å². The molecule has 0 heterocycles. The molecule has 0 saturated heterocycles. The van der Waals surface area contributed by atoms with Gasteiger partial charge in [-0.2, -0.15) is 0 Å². The summed E-state index contributed by atoms with van der Waals surface area (Å²) < 4.78 is 5.91. The normalized spacial score (nSPS) is 14.0. The van der Waals surface area contributed by atoms with Gasteiger partial charge in [0.15, 0.2) is 0 Å². The lowest BCUT2D eigenvalue weighted by atomic mass is 10.1. The van der Waals surface area contributed by atoms with Crippen LogP contribution in [0, 0.1) is 0 Å². The van der Waals surface area contributed by atoms with E-state index in [1.54, 1.807) is 6.92 Å². The molecule has 0 atom stereocenters. The van der Waals surface area contributed by atoms with Gasteiger partial charge < -0.3 is 9.94 Å². The van der Waals surface area contributed by atoms with Gasteiger partial charge in [-0.25, -0.2) is 0 Å². The molecule has 0 bridgehead atoms. The van der Waals surface area contributed by atoms with E-state index < -0.39 is 0 Å². The molecule has 108 valence electrons. The number of ether oxygens (including phenoxy) is 1. The van der Waals surface area contributed by atoms with Crippen LogP contribution in [0.15, 0.2) is 47.6 Å². The third-order valence-electron chi connectivity index (χ3n) is 3.98. The molecule has 1 N–H and O–H groups in total. The molecule has 0 spiro atoms. The molecule has 0 saturated carbocycles. The van der Waals surface area contributed by atoms with Gasteiger partial charge in [0.1, 0.15) is 12.4 Å². The molecule has 0 unspecified atom stereocenters. The first-order chi connectivity index (χ1) is 10.3. The van der Waals surface area contributed by atoms with E-state index in [-0.39, 0.29) is 0 Å². The van der Waals surface area contributed by atoms with E-state index >= 15 is 0 Å². The lowest BCUT2D eigenvalue weighted by molar-refractivity contribution is 0.303. The molecule has 1 aliphatic carbocycles. The third-order valence-corrected chi connectivity index (χ3v) is 3.98. The molecular weight excluding hydrogens is 262 g/mol. The summed E-state index contributed by atoms with van der Waals surface area (Å²) >= 11 is 0. The van der Waals surface area contributed by atoms with Gasteiger partial charge in [0, 0.05) is 5.56 Å². The fourth-order valence-electron chi connectivity index (χ4n) is 2.82. The smallest absolute Gasteiger partial charge is 0.128 e. The van der Waals surface area contributed by atoms with Crippen molar-refractivity contribution in [2.24, 2.45) is 5.16 Å². The highest BCUT2D eigenvalue weighted by Crippen LogP contribution is 2.24. The molecular formula is C18H19NO2. The second kappa shape index (κ2) is 6.00. The Labute approximate surface area is 124 Å². The van der Waals surface area contributed by atoms with Crippen LogP contribution >= 0.6 is 0 Å². The Hall–Kier alpha value is -2.29. The monoisotopic (exact) mass is 281 g/mol. The predicted octanol–water partition coefficient (Wildman–Crippen LogP) is 3.95. The summed E-state index contributed by atoms with van der Waals surface area (Å²) in [5, 5.41) is 12.2. The Balaban J connectivity index is 1.76. The predicted molar refractivity (Wildman–Crippen MR) is 83.2 cm³/mol. The fourth-order valence-corrected chi connectivity index (χ4v) is 2.82. The Bertz CT molecular complexity index is 677. The minimum atomic E-state index is 0.531. The number of para-hydroxylation sites is 1. The van der Waals surface area contributed by atoms with Crippen LogP contribution in [0.3, 0.4) is 0 Å². The molecule has 0 radical (unpaired) electrons. The average Bonchev–Trinajstić information content (AvgIpc) is 3.00. The van der Waals surface area contributed by atoms with Crippen LogP contribution in [0.2, 0.25) is 0 Å². The summed E-state index contributed by atoms with van der Waals surface area (Å²) in [5.41, 5.74) is 5.49. The van der Waals surface area contributed by atoms with E-state index in [1.807, 2.05) is 24.3 Å². The first-order valence-corrected chi connectivity index (χ1v) is 7.29. The zero-order valence-electron chi connectivity index (χ0n) is 12.2. The summed E-state index contributed by atoms with van der Waals surface area (Å²) in [7, 11) is 0. The lowest BCUT2D eigenvalue weighted by Gasteiger charge is -2.11. The van der Waals surface area contributed by atoms with E-state index in [4.69, 9.17) is 9.94 Å². The number of fused-ring (bicyclic) bond motifs is 1. The highest BCUT2D eigenvalue weighted by atomic mass is 16.5. The van der Waals surface area contributed by atoms with Crippen molar-refractivity contribution in [1.29, 1.82) is 0 Å². The highest BCUT2D eigenvalue weighted by Gasteiger charge is 2.11. The largest absolute Gasteiger partial charge is 0.488 e. The van der Waals surface area contributed by atoms with Crippen molar-refractivity contribution < 1.29 is 9.94 Å². The maximum atomic E-state index is 8.94. The van der Waals surface area contributed by atoms with Crippen molar-refractivity contribution in [1.82, 2.24) is 0 Å². The van der Waals surface area contributed by atoms with Crippen LogP contribution < -0.4 is 4.74 Å². The maximum absolute atomic E-state index is 8.94. The number of oxime groups is 1. The third kappa shape index (κ3) is 2.92. The molecule has 21 heavy (non-hydrogen) atoms. The molecule has 1 aliphatic rings. The molecule has 0 aromatic heterocycles. The summed E-state index contributed by atoms with van der Waals surface area (Å²) in [6.07, 6.45) is 3.64. The minimum absolute atomic E-state index is 0.531. The summed E-state index contributed by atoms with van der Waals surface area (Å²) in [5.74, 6) is 0.744. The Morgan fingerprint density at radius 3 is 2.81 bits per heavy atom. The summed E-state index contributed by atoms with van der Waals surface area (Å²) in [6.45, 7) is 2.29. The van der Waals surface area contributed by atoms with Crippen molar-refractivity contribution in [3.05, 3.63) is 64.7 Å². The van der Waals surface area contributed by atoms with Crippen LogP contribution in [-0.4, -0.2) is 10.9 Å². The molecule has 3 nitrogen and oxygen atoms in total.